The number of rotatable bonds is 1. The van der Waals surface area contributed by atoms with Crippen LogP contribution in [-0.2, 0) is 13.6 Å². The smallest absolute Gasteiger partial charge is 0.258 e. The van der Waals surface area contributed by atoms with Crippen LogP contribution in [0.3, 0.4) is 0 Å². The summed E-state index contributed by atoms with van der Waals surface area (Å²) in [6.45, 7) is 2.61. The molecule has 1 aliphatic rings. The van der Waals surface area contributed by atoms with Crippen LogP contribution in [0.1, 0.15) is 21.7 Å². The molecule has 2 heterocycles. The number of aryl methyl sites for hydroxylation is 2. The number of carbonyl (C=O) groups is 1. The van der Waals surface area contributed by atoms with Gasteiger partial charge in [-0.3, -0.25) is 4.79 Å². The van der Waals surface area contributed by atoms with Gasteiger partial charge in [0, 0.05) is 18.3 Å². The zero-order valence-corrected chi connectivity index (χ0v) is 12.0. The number of benzene rings is 2. The van der Waals surface area contributed by atoms with E-state index in [4.69, 9.17) is 0 Å². The van der Waals surface area contributed by atoms with E-state index in [9.17, 15) is 4.79 Å². The van der Waals surface area contributed by atoms with Crippen molar-refractivity contribution in [3.8, 4) is 0 Å². The summed E-state index contributed by atoms with van der Waals surface area (Å²) < 4.78 is 2.06. The van der Waals surface area contributed by atoms with Gasteiger partial charge in [-0.15, -0.1) is 0 Å². The van der Waals surface area contributed by atoms with Gasteiger partial charge in [-0.05, 0) is 36.8 Å². The average molecular weight is 277 g/mol. The highest BCUT2D eigenvalue weighted by Gasteiger charge is 2.28. The van der Waals surface area contributed by atoms with Gasteiger partial charge in [0.2, 0.25) is 0 Å². The fourth-order valence-corrected chi connectivity index (χ4v) is 2.94. The molecule has 0 N–H and O–H groups in total. The number of hydrogen-bond acceptors (Lipinski definition) is 2. The first-order valence-electron chi connectivity index (χ1n) is 6.98. The number of nitrogens with zero attached hydrogens (tertiary/aromatic N) is 3. The van der Waals surface area contributed by atoms with Crippen LogP contribution in [0.5, 0.6) is 0 Å². The molecule has 21 heavy (non-hydrogen) atoms. The van der Waals surface area contributed by atoms with Gasteiger partial charge in [0.15, 0.2) is 0 Å². The molecule has 0 spiro atoms. The van der Waals surface area contributed by atoms with Crippen LogP contribution in [-0.4, -0.2) is 15.5 Å². The van der Waals surface area contributed by atoms with Crippen LogP contribution < -0.4 is 4.90 Å². The Balaban J connectivity index is 1.80. The second-order valence-corrected chi connectivity index (χ2v) is 5.44. The molecule has 0 aliphatic carbocycles. The highest BCUT2D eigenvalue weighted by atomic mass is 16.2. The number of aromatic nitrogens is 2. The molecule has 1 aliphatic heterocycles. The molecular formula is C17H15N3O. The predicted octanol–water partition coefficient (Wildman–Crippen LogP) is 3.04. The molecule has 0 radical (unpaired) electrons. The summed E-state index contributed by atoms with van der Waals surface area (Å²) in [5, 5.41) is 0. The van der Waals surface area contributed by atoms with E-state index in [-0.39, 0.29) is 5.91 Å². The van der Waals surface area contributed by atoms with E-state index in [1.165, 1.54) is 0 Å². The molecule has 104 valence electrons. The van der Waals surface area contributed by atoms with Crippen LogP contribution in [0.15, 0.2) is 42.5 Å². The number of amides is 1. The maximum atomic E-state index is 12.5. The lowest BCUT2D eigenvalue weighted by Gasteiger charge is -2.15. The normalized spacial score (nSPS) is 14.0. The van der Waals surface area contributed by atoms with Crippen LogP contribution in [0.25, 0.3) is 11.0 Å². The van der Waals surface area contributed by atoms with Crippen LogP contribution in [0, 0.1) is 6.92 Å². The number of hydrogen-bond donors (Lipinski definition) is 0. The highest BCUT2D eigenvalue weighted by Crippen LogP contribution is 2.30. The molecule has 0 fully saturated rings. The van der Waals surface area contributed by atoms with E-state index in [0.29, 0.717) is 6.54 Å². The van der Waals surface area contributed by atoms with Crippen molar-refractivity contribution < 1.29 is 4.79 Å². The first-order chi connectivity index (χ1) is 10.1. The molecule has 0 atom stereocenters. The van der Waals surface area contributed by atoms with E-state index < -0.39 is 0 Å². The van der Waals surface area contributed by atoms with E-state index >= 15 is 0 Å². The van der Waals surface area contributed by atoms with E-state index in [1.807, 2.05) is 61.3 Å². The van der Waals surface area contributed by atoms with E-state index in [2.05, 4.69) is 9.55 Å². The predicted molar refractivity (Wildman–Crippen MR) is 82.4 cm³/mol. The Hall–Kier alpha value is -2.62. The number of imidazole rings is 1. The Morgan fingerprint density at radius 2 is 1.95 bits per heavy atom. The summed E-state index contributed by atoms with van der Waals surface area (Å²) in [6, 6.07) is 13.8. The number of anilines is 1. The Bertz CT molecular complexity index is 879. The fraction of sp³-hybridized carbons (Fsp3) is 0.176. The van der Waals surface area contributed by atoms with Crippen molar-refractivity contribution in [1.29, 1.82) is 0 Å². The largest absolute Gasteiger partial charge is 0.331 e. The molecule has 4 rings (SSSR count). The van der Waals surface area contributed by atoms with Crippen molar-refractivity contribution in [3.05, 3.63) is 59.4 Å². The van der Waals surface area contributed by atoms with Crippen molar-refractivity contribution in [2.24, 2.45) is 7.05 Å². The molecular weight excluding hydrogens is 262 g/mol. The van der Waals surface area contributed by atoms with Crippen LogP contribution >= 0.6 is 0 Å². The fourth-order valence-electron chi connectivity index (χ4n) is 2.94. The second kappa shape index (κ2) is 4.19. The summed E-state index contributed by atoms with van der Waals surface area (Å²) in [4.78, 5) is 18.9. The highest BCUT2D eigenvalue weighted by molar-refractivity contribution is 6.10. The summed E-state index contributed by atoms with van der Waals surface area (Å²) in [5.41, 5.74) is 4.80. The summed E-state index contributed by atoms with van der Waals surface area (Å²) in [6.07, 6.45) is 0. The third-order valence-electron chi connectivity index (χ3n) is 4.22. The molecule has 4 heteroatoms. The monoisotopic (exact) mass is 277 g/mol. The second-order valence-electron chi connectivity index (χ2n) is 5.44. The zero-order valence-electron chi connectivity index (χ0n) is 12.0. The van der Waals surface area contributed by atoms with Crippen LogP contribution in [0.4, 0.5) is 5.69 Å². The third kappa shape index (κ3) is 1.69. The van der Waals surface area contributed by atoms with Crippen molar-refractivity contribution in [1.82, 2.24) is 9.55 Å². The third-order valence-corrected chi connectivity index (χ3v) is 4.22. The maximum absolute atomic E-state index is 12.5. The van der Waals surface area contributed by atoms with Gasteiger partial charge >= 0.3 is 0 Å². The minimum atomic E-state index is 0.0672. The molecule has 1 amide bonds. The summed E-state index contributed by atoms with van der Waals surface area (Å²) in [5.74, 6) is 1.04. The zero-order chi connectivity index (χ0) is 14.6. The van der Waals surface area contributed by atoms with Gasteiger partial charge in [-0.2, -0.15) is 0 Å². The van der Waals surface area contributed by atoms with Gasteiger partial charge in [0.25, 0.3) is 5.91 Å². The van der Waals surface area contributed by atoms with Gasteiger partial charge < -0.3 is 9.47 Å². The Kier molecular flexibility index (Phi) is 2.42. The number of carbonyl (C=O) groups excluding carboxylic acids is 1. The molecule has 0 saturated heterocycles. The lowest BCUT2D eigenvalue weighted by atomic mass is 10.1. The Morgan fingerprint density at radius 3 is 2.76 bits per heavy atom. The topological polar surface area (TPSA) is 38.1 Å². The summed E-state index contributed by atoms with van der Waals surface area (Å²) >= 11 is 0. The average Bonchev–Trinajstić information content (AvgIpc) is 2.98. The van der Waals surface area contributed by atoms with E-state index in [1.54, 1.807) is 0 Å². The van der Waals surface area contributed by atoms with Crippen molar-refractivity contribution in [3.63, 3.8) is 0 Å². The van der Waals surface area contributed by atoms with Gasteiger partial charge in [0.1, 0.15) is 5.82 Å². The molecule has 2 aromatic carbocycles. The molecule has 4 nitrogen and oxygen atoms in total. The standard InChI is InChI=1S/C17H15N3O/c1-11-18-15-9-13(7-8-16(15)19(11)2)20-10-12-5-3-4-6-14(12)17(20)21/h3-9H,10H2,1-2H3. The minimum absolute atomic E-state index is 0.0672. The molecule has 3 aromatic rings. The Morgan fingerprint density at radius 1 is 1.14 bits per heavy atom. The lowest BCUT2D eigenvalue weighted by molar-refractivity contribution is 0.0996. The van der Waals surface area contributed by atoms with Crippen molar-refractivity contribution in [2.45, 2.75) is 13.5 Å². The SMILES string of the molecule is Cc1nc2cc(N3Cc4ccccc4C3=O)ccc2n1C. The first kappa shape index (κ1) is 12.1. The minimum Gasteiger partial charge on any atom is -0.331 e. The molecule has 0 unspecified atom stereocenters. The Labute approximate surface area is 122 Å². The van der Waals surface area contributed by atoms with Crippen molar-refractivity contribution in [2.75, 3.05) is 4.90 Å². The van der Waals surface area contributed by atoms with E-state index in [0.717, 1.165) is 33.7 Å². The van der Waals surface area contributed by atoms with Crippen LogP contribution in [0.2, 0.25) is 0 Å². The summed E-state index contributed by atoms with van der Waals surface area (Å²) in [7, 11) is 2.00. The molecule has 0 saturated carbocycles. The first-order valence-corrected chi connectivity index (χ1v) is 6.98. The quantitative estimate of drug-likeness (QED) is 0.685. The molecule has 1 aromatic heterocycles. The van der Waals surface area contributed by atoms with Gasteiger partial charge in [-0.25, -0.2) is 4.98 Å². The molecule has 0 bridgehead atoms. The number of fused-ring (bicyclic) bond motifs is 2. The maximum Gasteiger partial charge on any atom is 0.258 e. The van der Waals surface area contributed by atoms with Gasteiger partial charge in [0.05, 0.1) is 17.6 Å². The van der Waals surface area contributed by atoms with Gasteiger partial charge in [-0.1, -0.05) is 18.2 Å². The van der Waals surface area contributed by atoms with Crippen molar-refractivity contribution >= 4 is 22.6 Å². The lowest BCUT2D eigenvalue weighted by Crippen LogP contribution is -2.22.